The van der Waals surface area contributed by atoms with Crippen molar-refractivity contribution in [1.82, 2.24) is 15.2 Å². The van der Waals surface area contributed by atoms with Crippen LogP contribution in [0.2, 0.25) is 0 Å². The van der Waals surface area contributed by atoms with Crippen molar-refractivity contribution in [3.05, 3.63) is 16.1 Å². The number of piperidine rings is 1. The van der Waals surface area contributed by atoms with E-state index in [1.54, 1.807) is 11.3 Å². The zero-order valence-corrected chi connectivity index (χ0v) is 14.6. The van der Waals surface area contributed by atoms with Gasteiger partial charge in [0.2, 0.25) is 0 Å². The number of urea groups is 1. The molecule has 1 aliphatic rings. The third kappa shape index (κ3) is 4.43. The molecule has 0 spiro atoms. The number of likely N-dealkylation sites (tertiary alicyclic amines) is 1. The first-order valence-electron chi connectivity index (χ1n) is 8.02. The van der Waals surface area contributed by atoms with Gasteiger partial charge in [0.25, 0.3) is 0 Å². The average Bonchev–Trinajstić information content (AvgIpc) is 2.95. The Kier molecular flexibility index (Phi) is 5.81. The molecule has 2 rings (SSSR count). The molecule has 2 heterocycles. The van der Waals surface area contributed by atoms with Gasteiger partial charge in [0.15, 0.2) is 0 Å². The predicted molar refractivity (Wildman–Crippen MR) is 89.1 cm³/mol. The third-order valence-corrected chi connectivity index (χ3v) is 5.28. The van der Waals surface area contributed by atoms with Crippen LogP contribution in [0.1, 0.15) is 57.2 Å². The Morgan fingerprint density at radius 3 is 2.91 bits per heavy atom. The SMILES string of the molecule is CC(C)(C)c1nc(CNC(=O)N2CCCCC2CCO)cs1. The van der Waals surface area contributed by atoms with Crippen molar-refractivity contribution in [1.29, 1.82) is 0 Å². The molecule has 1 fully saturated rings. The summed E-state index contributed by atoms with van der Waals surface area (Å²) in [7, 11) is 0. The summed E-state index contributed by atoms with van der Waals surface area (Å²) in [6, 6.07) is 0.128. The molecule has 2 N–H and O–H groups in total. The molecule has 0 aliphatic carbocycles. The van der Waals surface area contributed by atoms with Gasteiger partial charge in [-0.15, -0.1) is 11.3 Å². The number of thiazole rings is 1. The average molecular weight is 325 g/mol. The van der Waals surface area contributed by atoms with E-state index in [-0.39, 0.29) is 24.1 Å². The lowest BCUT2D eigenvalue weighted by molar-refractivity contribution is 0.131. The Bertz CT molecular complexity index is 494. The van der Waals surface area contributed by atoms with Crippen LogP contribution in [0.5, 0.6) is 0 Å². The molecule has 0 saturated carbocycles. The van der Waals surface area contributed by atoms with E-state index < -0.39 is 0 Å². The number of aliphatic hydroxyl groups is 1. The van der Waals surface area contributed by atoms with Gasteiger partial charge in [0.1, 0.15) is 0 Å². The Morgan fingerprint density at radius 2 is 2.27 bits per heavy atom. The highest BCUT2D eigenvalue weighted by atomic mass is 32.1. The number of nitrogens with one attached hydrogen (secondary N) is 1. The molecule has 1 aromatic heterocycles. The highest BCUT2D eigenvalue weighted by molar-refractivity contribution is 7.09. The second kappa shape index (κ2) is 7.42. The predicted octanol–water partition coefficient (Wildman–Crippen LogP) is 2.89. The molecule has 0 radical (unpaired) electrons. The summed E-state index contributed by atoms with van der Waals surface area (Å²) in [6.45, 7) is 7.80. The van der Waals surface area contributed by atoms with Crippen LogP contribution in [0.15, 0.2) is 5.38 Å². The van der Waals surface area contributed by atoms with Crippen LogP contribution in [-0.4, -0.2) is 40.2 Å². The molecule has 0 aromatic carbocycles. The topological polar surface area (TPSA) is 65.5 Å². The minimum Gasteiger partial charge on any atom is -0.396 e. The van der Waals surface area contributed by atoms with Gasteiger partial charge in [0, 0.05) is 30.0 Å². The highest BCUT2D eigenvalue weighted by Crippen LogP contribution is 2.25. The fourth-order valence-electron chi connectivity index (χ4n) is 2.72. The first-order chi connectivity index (χ1) is 10.4. The van der Waals surface area contributed by atoms with Gasteiger partial charge in [-0.2, -0.15) is 0 Å². The van der Waals surface area contributed by atoms with E-state index in [0.717, 1.165) is 36.5 Å². The lowest BCUT2D eigenvalue weighted by Gasteiger charge is -2.35. The summed E-state index contributed by atoms with van der Waals surface area (Å²) in [4.78, 5) is 18.8. The van der Waals surface area contributed by atoms with Crippen LogP contribution in [0, 0.1) is 0 Å². The molecule has 22 heavy (non-hydrogen) atoms. The largest absolute Gasteiger partial charge is 0.396 e. The minimum atomic E-state index is -0.0385. The van der Waals surface area contributed by atoms with Crippen molar-refractivity contribution >= 4 is 17.4 Å². The van der Waals surface area contributed by atoms with Crippen molar-refractivity contribution in [2.45, 2.75) is 64.5 Å². The monoisotopic (exact) mass is 325 g/mol. The summed E-state index contributed by atoms with van der Waals surface area (Å²) in [5.41, 5.74) is 0.963. The maximum Gasteiger partial charge on any atom is 0.317 e. The molecule has 1 aromatic rings. The van der Waals surface area contributed by atoms with E-state index >= 15 is 0 Å². The standard InChI is InChI=1S/C16H27N3O2S/c1-16(2,3)14-18-12(11-22-14)10-17-15(21)19-8-5-4-6-13(19)7-9-20/h11,13,20H,4-10H2,1-3H3,(H,17,21). The number of hydrogen-bond donors (Lipinski definition) is 2. The molecule has 6 heteroatoms. The van der Waals surface area contributed by atoms with Crippen LogP contribution in [0.25, 0.3) is 0 Å². The summed E-state index contributed by atoms with van der Waals surface area (Å²) < 4.78 is 0. The lowest BCUT2D eigenvalue weighted by Crippen LogP contribution is -2.48. The minimum absolute atomic E-state index is 0.0385. The molecule has 124 valence electrons. The van der Waals surface area contributed by atoms with Gasteiger partial charge >= 0.3 is 6.03 Å². The summed E-state index contributed by atoms with van der Waals surface area (Å²) in [5, 5.41) is 15.2. The number of amides is 2. The number of aliphatic hydroxyl groups excluding tert-OH is 1. The van der Waals surface area contributed by atoms with Crippen LogP contribution in [0.3, 0.4) is 0 Å². The maximum atomic E-state index is 12.4. The second-order valence-corrected chi connectivity index (χ2v) is 7.77. The zero-order chi connectivity index (χ0) is 16.2. The Morgan fingerprint density at radius 1 is 1.50 bits per heavy atom. The number of nitrogens with zero attached hydrogens (tertiary/aromatic N) is 2. The van der Waals surface area contributed by atoms with Crippen molar-refractivity contribution in [2.75, 3.05) is 13.2 Å². The van der Waals surface area contributed by atoms with Crippen molar-refractivity contribution in [2.24, 2.45) is 0 Å². The van der Waals surface area contributed by atoms with E-state index in [2.05, 4.69) is 31.1 Å². The second-order valence-electron chi connectivity index (χ2n) is 6.91. The zero-order valence-electron chi connectivity index (χ0n) is 13.8. The Labute approximate surface area is 136 Å². The van der Waals surface area contributed by atoms with Gasteiger partial charge in [-0.1, -0.05) is 20.8 Å². The molecule has 5 nitrogen and oxygen atoms in total. The number of carbonyl (C=O) groups excluding carboxylic acids is 1. The molecular formula is C16H27N3O2S. The fraction of sp³-hybridized carbons (Fsp3) is 0.750. The number of carbonyl (C=O) groups is 1. The van der Waals surface area contributed by atoms with Crippen LogP contribution in [0.4, 0.5) is 4.79 Å². The highest BCUT2D eigenvalue weighted by Gasteiger charge is 2.26. The van der Waals surface area contributed by atoms with E-state index in [0.29, 0.717) is 13.0 Å². The molecule has 1 aliphatic heterocycles. The molecule has 1 saturated heterocycles. The summed E-state index contributed by atoms with van der Waals surface area (Å²) in [6.07, 6.45) is 3.83. The summed E-state index contributed by atoms with van der Waals surface area (Å²) in [5.74, 6) is 0. The van der Waals surface area contributed by atoms with Crippen LogP contribution >= 0.6 is 11.3 Å². The van der Waals surface area contributed by atoms with Gasteiger partial charge < -0.3 is 15.3 Å². The molecule has 0 bridgehead atoms. The van der Waals surface area contributed by atoms with Gasteiger partial charge in [0.05, 0.1) is 17.2 Å². The first kappa shape index (κ1) is 17.2. The van der Waals surface area contributed by atoms with Gasteiger partial charge in [-0.25, -0.2) is 9.78 Å². The maximum absolute atomic E-state index is 12.4. The van der Waals surface area contributed by atoms with E-state index in [1.807, 2.05) is 10.3 Å². The molecular weight excluding hydrogens is 298 g/mol. The van der Waals surface area contributed by atoms with Crippen molar-refractivity contribution in [3.63, 3.8) is 0 Å². The van der Waals surface area contributed by atoms with Gasteiger partial charge in [-0.3, -0.25) is 0 Å². The van der Waals surface area contributed by atoms with E-state index in [9.17, 15) is 4.79 Å². The molecule has 1 atom stereocenters. The quantitative estimate of drug-likeness (QED) is 0.894. The van der Waals surface area contributed by atoms with Crippen molar-refractivity contribution in [3.8, 4) is 0 Å². The number of aromatic nitrogens is 1. The van der Waals surface area contributed by atoms with Crippen molar-refractivity contribution < 1.29 is 9.90 Å². The van der Waals surface area contributed by atoms with Crippen LogP contribution < -0.4 is 5.32 Å². The van der Waals surface area contributed by atoms with Crippen LogP contribution in [-0.2, 0) is 12.0 Å². The molecule has 2 amide bonds. The Balaban J connectivity index is 1.90. The number of rotatable bonds is 4. The third-order valence-electron chi connectivity index (χ3n) is 3.96. The fourth-order valence-corrected chi connectivity index (χ4v) is 3.62. The first-order valence-corrected chi connectivity index (χ1v) is 8.90. The smallest absolute Gasteiger partial charge is 0.317 e. The van der Waals surface area contributed by atoms with E-state index in [4.69, 9.17) is 5.11 Å². The lowest BCUT2D eigenvalue weighted by atomic mass is 9.98. The number of hydrogen-bond acceptors (Lipinski definition) is 4. The van der Waals surface area contributed by atoms with Gasteiger partial charge in [-0.05, 0) is 25.7 Å². The normalized spacial score (nSPS) is 19.3. The molecule has 1 unspecified atom stereocenters. The summed E-state index contributed by atoms with van der Waals surface area (Å²) >= 11 is 1.64. The Hall–Kier alpha value is -1.14. The van der Waals surface area contributed by atoms with E-state index in [1.165, 1.54) is 0 Å².